The second kappa shape index (κ2) is 8.82. The normalized spacial score (nSPS) is 18.9. The number of benzene rings is 2. The van der Waals surface area contributed by atoms with Crippen LogP contribution in [0.15, 0.2) is 30.3 Å². The maximum Gasteiger partial charge on any atom is 0.164 e. The molecule has 0 N–H and O–H groups in total. The number of hydrogen-bond donors (Lipinski definition) is 0. The van der Waals surface area contributed by atoms with E-state index >= 15 is 0 Å². The van der Waals surface area contributed by atoms with E-state index in [1.807, 2.05) is 18.2 Å². The van der Waals surface area contributed by atoms with Gasteiger partial charge in [0.2, 0.25) is 0 Å². The molecule has 0 aromatic heterocycles. The third kappa shape index (κ3) is 4.08. The number of hydrogen-bond acceptors (Lipinski definition) is 6. The summed E-state index contributed by atoms with van der Waals surface area (Å²) in [6.45, 7) is 4.14. The first-order valence-corrected chi connectivity index (χ1v) is 10.1. The van der Waals surface area contributed by atoms with E-state index in [1.165, 1.54) is 5.56 Å². The number of likely N-dealkylation sites (tertiary alicyclic amines) is 1. The predicted molar refractivity (Wildman–Crippen MR) is 111 cm³/mol. The number of rotatable bonds is 6. The Balaban J connectivity index is 1.52. The van der Waals surface area contributed by atoms with Gasteiger partial charge in [-0.25, -0.2) is 0 Å². The molecule has 2 aromatic rings. The largest absolute Gasteiger partial charge is 0.496 e. The van der Waals surface area contributed by atoms with E-state index in [4.69, 9.17) is 23.7 Å². The van der Waals surface area contributed by atoms with Gasteiger partial charge in [-0.3, -0.25) is 4.90 Å². The SMILES string of the molecule is COc1cc2c(cc1CN1CCC(c3cccc(OC)c3OC)C1)OCCCO2. The van der Waals surface area contributed by atoms with Gasteiger partial charge in [-0.05, 0) is 25.1 Å². The molecule has 4 rings (SSSR count). The third-order valence-corrected chi connectivity index (χ3v) is 5.69. The molecule has 1 saturated heterocycles. The van der Waals surface area contributed by atoms with Crippen molar-refractivity contribution >= 4 is 0 Å². The quantitative estimate of drug-likeness (QED) is 0.735. The maximum atomic E-state index is 5.87. The Kier molecular flexibility index (Phi) is 6.00. The minimum absolute atomic E-state index is 0.409. The topological polar surface area (TPSA) is 49.4 Å². The zero-order valence-corrected chi connectivity index (χ0v) is 17.4. The lowest BCUT2D eigenvalue weighted by Crippen LogP contribution is -2.20. The van der Waals surface area contributed by atoms with Gasteiger partial charge in [0, 0.05) is 42.6 Å². The van der Waals surface area contributed by atoms with Crippen molar-refractivity contribution in [1.29, 1.82) is 0 Å². The van der Waals surface area contributed by atoms with Crippen LogP contribution in [0.1, 0.15) is 29.9 Å². The van der Waals surface area contributed by atoms with Crippen LogP contribution in [0.4, 0.5) is 0 Å². The molecular formula is C23H29NO5. The Morgan fingerprint density at radius 2 is 1.72 bits per heavy atom. The van der Waals surface area contributed by atoms with Crippen LogP contribution < -0.4 is 23.7 Å². The number of fused-ring (bicyclic) bond motifs is 1. The molecule has 1 atom stereocenters. The van der Waals surface area contributed by atoms with Gasteiger partial charge in [0.25, 0.3) is 0 Å². The second-order valence-electron chi connectivity index (χ2n) is 7.46. The van der Waals surface area contributed by atoms with Gasteiger partial charge in [0.05, 0.1) is 34.5 Å². The highest BCUT2D eigenvalue weighted by atomic mass is 16.5. The van der Waals surface area contributed by atoms with E-state index in [0.29, 0.717) is 19.1 Å². The summed E-state index contributed by atoms with van der Waals surface area (Å²) in [6.07, 6.45) is 1.97. The molecule has 29 heavy (non-hydrogen) atoms. The van der Waals surface area contributed by atoms with Crippen LogP contribution in [-0.2, 0) is 6.54 Å². The van der Waals surface area contributed by atoms with E-state index in [9.17, 15) is 0 Å². The predicted octanol–water partition coefficient (Wildman–Crippen LogP) is 3.86. The second-order valence-corrected chi connectivity index (χ2v) is 7.46. The van der Waals surface area contributed by atoms with Crippen LogP contribution in [0.2, 0.25) is 0 Å². The lowest BCUT2D eigenvalue weighted by molar-refractivity contribution is 0.296. The van der Waals surface area contributed by atoms with Gasteiger partial charge in [0.15, 0.2) is 23.0 Å². The molecule has 1 unspecified atom stereocenters. The first-order chi connectivity index (χ1) is 14.2. The highest BCUT2D eigenvalue weighted by Gasteiger charge is 2.28. The highest BCUT2D eigenvalue weighted by molar-refractivity contribution is 5.51. The fraction of sp³-hybridized carbons (Fsp3) is 0.478. The Bertz CT molecular complexity index is 853. The maximum absolute atomic E-state index is 5.87. The van der Waals surface area contributed by atoms with E-state index in [1.54, 1.807) is 21.3 Å². The Hall–Kier alpha value is -2.60. The van der Waals surface area contributed by atoms with Crippen LogP contribution in [0, 0.1) is 0 Å². The van der Waals surface area contributed by atoms with Crippen molar-refractivity contribution in [2.24, 2.45) is 0 Å². The summed E-state index contributed by atoms with van der Waals surface area (Å²) in [7, 11) is 5.09. The van der Waals surface area contributed by atoms with Gasteiger partial charge in [0.1, 0.15) is 5.75 Å². The Morgan fingerprint density at radius 3 is 2.45 bits per heavy atom. The van der Waals surface area contributed by atoms with Crippen LogP contribution in [0.3, 0.4) is 0 Å². The van der Waals surface area contributed by atoms with E-state index in [0.717, 1.165) is 66.8 Å². The lowest BCUT2D eigenvalue weighted by atomic mass is 9.97. The molecule has 6 nitrogen and oxygen atoms in total. The molecule has 2 heterocycles. The molecule has 0 amide bonds. The lowest BCUT2D eigenvalue weighted by Gasteiger charge is -2.20. The summed E-state index contributed by atoms with van der Waals surface area (Å²) >= 11 is 0. The van der Waals surface area contributed by atoms with Gasteiger partial charge in [-0.1, -0.05) is 12.1 Å². The molecule has 2 aromatic carbocycles. The fourth-order valence-electron chi connectivity index (χ4n) is 4.25. The molecule has 6 heteroatoms. The van der Waals surface area contributed by atoms with E-state index < -0.39 is 0 Å². The van der Waals surface area contributed by atoms with E-state index in [2.05, 4.69) is 17.0 Å². The summed E-state index contributed by atoms with van der Waals surface area (Å²) in [5.41, 5.74) is 2.33. The standard InChI is InChI=1S/C23H29NO5/c1-25-19-7-4-6-18(23(19)27-3)16-8-9-24(14-16)15-17-12-21-22(13-20(17)26-2)29-11-5-10-28-21/h4,6-7,12-13,16H,5,8-11,14-15H2,1-3H3. The molecule has 1 fully saturated rings. The molecule has 0 aliphatic carbocycles. The minimum Gasteiger partial charge on any atom is -0.496 e. The van der Waals surface area contributed by atoms with Crippen molar-refractivity contribution in [2.75, 3.05) is 47.6 Å². The highest BCUT2D eigenvalue weighted by Crippen LogP contribution is 2.41. The molecular weight excluding hydrogens is 370 g/mol. The van der Waals surface area contributed by atoms with Crippen molar-refractivity contribution < 1.29 is 23.7 Å². The molecule has 0 bridgehead atoms. The number of para-hydroxylation sites is 1. The zero-order chi connectivity index (χ0) is 20.2. The van der Waals surface area contributed by atoms with Gasteiger partial charge < -0.3 is 23.7 Å². The average Bonchev–Trinajstić information content (AvgIpc) is 3.09. The smallest absolute Gasteiger partial charge is 0.164 e. The number of nitrogens with zero attached hydrogens (tertiary/aromatic N) is 1. The van der Waals surface area contributed by atoms with Crippen molar-refractivity contribution in [1.82, 2.24) is 4.90 Å². The van der Waals surface area contributed by atoms with Gasteiger partial charge >= 0.3 is 0 Å². The summed E-state index contributed by atoms with van der Waals surface area (Å²) in [5.74, 6) is 4.46. The van der Waals surface area contributed by atoms with Crippen LogP contribution in [0.5, 0.6) is 28.7 Å². The summed E-state index contributed by atoms with van der Waals surface area (Å²) in [4.78, 5) is 2.45. The first-order valence-electron chi connectivity index (χ1n) is 10.1. The molecule has 0 saturated carbocycles. The number of methoxy groups -OCH3 is 3. The van der Waals surface area contributed by atoms with Crippen molar-refractivity contribution in [3.05, 3.63) is 41.5 Å². The number of ether oxygens (including phenoxy) is 5. The summed E-state index contributed by atoms with van der Waals surface area (Å²) in [6, 6.07) is 10.1. The Morgan fingerprint density at radius 1 is 0.966 bits per heavy atom. The van der Waals surface area contributed by atoms with Gasteiger partial charge in [-0.15, -0.1) is 0 Å². The molecule has 156 valence electrons. The van der Waals surface area contributed by atoms with Crippen molar-refractivity contribution in [3.8, 4) is 28.7 Å². The van der Waals surface area contributed by atoms with Crippen LogP contribution in [0.25, 0.3) is 0 Å². The average molecular weight is 399 g/mol. The summed E-state index contributed by atoms with van der Waals surface area (Å²) in [5, 5.41) is 0. The fourth-order valence-corrected chi connectivity index (χ4v) is 4.25. The molecule has 0 radical (unpaired) electrons. The Labute approximate surface area is 172 Å². The summed E-state index contributed by atoms with van der Waals surface area (Å²) < 4.78 is 28.4. The minimum atomic E-state index is 0.409. The van der Waals surface area contributed by atoms with Crippen molar-refractivity contribution in [2.45, 2.75) is 25.3 Å². The monoisotopic (exact) mass is 399 g/mol. The molecule has 2 aliphatic rings. The van der Waals surface area contributed by atoms with Crippen LogP contribution in [-0.4, -0.2) is 52.5 Å². The van der Waals surface area contributed by atoms with Crippen molar-refractivity contribution in [3.63, 3.8) is 0 Å². The van der Waals surface area contributed by atoms with Crippen LogP contribution >= 0.6 is 0 Å². The first kappa shape index (κ1) is 19.7. The van der Waals surface area contributed by atoms with E-state index in [-0.39, 0.29) is 0 Å². The van der Waals surface area contributed by atoms with Gasteiger partial charge in [-0.2, -0.15) is 0 Å². The molecule has 2 aliphatic heterocycles. The molecule has 0 spiro atoms. The zero-order valence-electron chi connectivity index (χ0n) is 17.4. The third-order valence-electron chi connectivity index (χ3n) is 5.69.